The summed E-state index contributed by atoms with van der Waals surface area (Å²) in [4.78, 5) is -0.147. The van der Waals surface area contributed by atoms with Crippen molar-refractivity contribution in [2.24, 2.45) is 0 Å². The fraction of sp³-hybridized carbons (Fsp3) is 0.538. The van der Waals surface area contributed by atoms with Crippen molar-refractivity contribution in [3.05, 3.63) is 22.4 Å². The minimum Gasteiger partial charge on any atom is -0.495 e. The molecular formula is C13H18BrFN2O3S. The Hall–Kier alpha value is -0.700. The maximum Gasteiger partial charge on any atom is 0.247 e. The predicted molar refractivity (Wildman–Crippen MR) is 81.5 cm³/mol. The second-order valence-corrected chi connectivity index (χ2v) is 7.73. The summed E-state index contributed by atoms with van der Waals surface area (Å²) in [6.45, 7) is 4.66. The van der Waals surface area contributed by atoms with Crippen molar-refractivity contribution in [3.63, 3.8) is 0 Å². The van der Waals surface area contributed by atoms with Gasteiger partial charge in [-0.1, -0.05) is 0 Å². The second-order valence-electron chi connectivity index (χ2n) is 5.02. The number of hydrogen-bond donors (Lipinski definition) is 1. The first-order valence-corrected chi connectivity index (χ1v) is 8.80. The molecule has 0 saturated carbocycles. The molecule has 118 valence electrons. The lowest BCUT2D eigenvalue weighted by Gasteiger charge is -2.37. The van der Waals surface area contributed by atoms with Gasteiger partial charge in [-0.2, -0.15) is 4.31 Å². The van der Waals surface area contributed by atoms with Gasteiger partial charge >= 0.3 is 0 Å². The van der Waals surface area contributed by atoms with E-state index in [1.54, 1.807) is 0 Å². The summed E-state index contributed by atoms with van der Waals surface area (Å²) in [7, 11) is -2.46. The van der Waals surface area contributed by atoms with Gasteiger partial charge in [-0.3, -0.25) is 0 Å². The first kappa shape index (κ1) is 16.7. The summed E-state index contributed by atoms with van der Waals surface area (Å²) in [6, 6.07) is 2.14. The molecule has 0 spiro atoms. The summed E-state index contributed by atoms with van der Waals surface area (Å²) < 4.78 is 46.1. The number of halogens is 2. The Morgan fingerprint density at radius 2 is 2.10 bits per heavy atom. The number of sulfonamides is 1. The number of ether oxygens (including phenoxy) is 1. The highest BCUT2D eigenvalue weighted by atomic mass is 79.9. The zero-order valence-electron chi connectivity index (χ0n) is 12.1. The van der Waals surface area contributed by atoms with Crippen molar-refractivity contribution >= 4 is 26.0 Å². The number of nitrogens with one attached hydrogen (secondary N) is 1. The molecule has 0 amide bonds. The van der Waals surface area contributed by atoms with Crippen LogP contribution in [0, 0.1) is 5.82 Å². The maximum atomic E-state index is 13.8. The Morgan fingerprint density at radius 1 is 1.43 bits per heavy atom. The van der Waals surface area contributed by atoms with E-state index in [1.165, 1.54) is 17.5 Å². The van der Waals surface area contributed by atoms with Crippen molar-refractivity contribution in [1.29, 1.82) is 0 Å². The lowest BCUT2D eigenvalue weighted by atomic mass is 10.1. The molecule has 0 bridgehead atoms. The van der Waals surface area contributed by atoms with Crippen LogP contribution in [0.2, 0.25) is 0 Å². The molecule has 5 nitrogen and oxygen atoms in total. The van der Waals surface area contributed by atoms with E-state index in [4.69, 9.17) is 4.74 Å². The molecular weight excluding hydrogens is 363 g/mol. The van der Waals surface area contributed by atoms with E-state index in [-0.39, 0.29) is 27.2 Å². The Kier molecular flexibility index (Phi) is 4.92. The van der Waals surface area contributed by atoms with Gasteiger partial charge in [-0.25, -0.2) is 12.8 Å². The minimum atomic E-state index is -3.82. The summed E-state index contributed by atoms with van der Waals surface area (Å²) in [5.74, 6) is -0.508. The Labute approximate surface area is 132 Å². The van der Waals surface area contributed by atoms with Gasteiger partial charge in [0.2, 0.25) is 10.0 Å². The fourth-order valence-electron chi connectivity index (χ4n) is 2.36. The average molecular weight is 381 g/mol. The Balaban J connectivity index is 2.51. The number of hydrogen-bond acceptors (Lipinski definition) is 4. The lowest BCUT2D eigenvalue weighted by Crippen LogP contribution is -2.57. The number of rotatable bonds is 3. The fourth-order valence-corrected chi connectivity index (χ4v) is 4.54. The van der Waals surface area contributed by atoms with Crippen LogP contribution < -0.4 is 10.1 Å². The zero-order valence-corrected chi connectivity index (χ0v) is 14.5. The summed E-state index contributed by atoms with van der Waals surface area (Å²) in [5, 5.41) is 3.22. The van der Waals surface area contributed by atoms with Gasteiger partial charge in [0.05, 0.1) is 11.6 Å². The van der Waals surface area contributed by atoms with Crippen LogP contribution in [0.25, 0.3) is 0 Å². The van der Waals surface area contributed by atoms with E-state index >= 15 is 0 Å². The Bertz CT molecular complexity index is 639. The van der Waals surface area contributed by atoms with E-state index in [0.717, 1.165) is 6.07 Å². The summed E-state index contributed by atoms with van der Waals surface area (Å²) >= 11 is 3.03. The van der Waals surface area contributed by atoms with E-state index in [0.29, 0.717) is 13.1 Å². The van der Waals surface area contributed by atoms with Crippen molar-refractivity contribution in [2.45, 2.75) is 30.8 Å². The Morgan fingerprint density at radius 3 is 2.71 bits per heavy atom. The maximum absolute atomic E-state index is 13.8. The molecule has 2 atom stereocenters. The molecule has 1 N–H and O–H groups in total. The van der Waals surface area contributed by atoms with Crippen molar-refractivity contribution in [2.75, 3.05) is 20.2 Å². The normalized spacial score (nSPS) is 24.0. The van der Waals surface area contributed by atoms with Crippen molar-refractivity contribution in [3.8, 4) is 5.75 Å². The van der Waals surface area contributed by atoms with Crippen LogP contribution in [0.4, 0.5) is 4.39 Å². The van der Waals surface area contributed by atoms with Gasteiger partial charge in [0.15, 0.2) is 0 Å². The molecule has 1 fully saturated rings. The molecule has 0 radical (unpaired) electrons. The van der Waals surface area contributed by atoms with Crippen molar-refractivity contribution < 1.29 is 17.5 Å². The third kappa shape index (κ3) is 3.08. The van der Waals surface area contributed by atoms with Gasteiger partial charge in [0.25, 0.3) is 0 Å². The van der Waals surface area contributed by atoms with E-state index < -0.39 is 15.8 Å². The monoisotopic (exact) mass is 380 g/mol. The predicted octanol–water partition coefficient (Wildman–Crippen LogP) is 1.97. The largest absolute Gasteiger partial charge is 0.495 e. The van der Waals surface area contributed by atoms with Gasteiger partial charge in [-0.15, -0.1) is 0 Å². The van der Waals surface area contributed by atoms with Crippen LogP contribution in [0.1, 0.15) is 13.8 Å². The molecule has 1 aromatic carbocycles. The summed E-state index contributed by atoms with van der Waals surface area (Å²) in [6.07, 6.45) is 0. The van der Waals surface area contributed by atoms with Gasteiger partial charge in [-0.05, 0) is 41.9 Å². The quantitative estimate of drug-likeness (QED) is 0.870. The molecule has 1 aliphatic rings. The van der Waals surface area contributed by atoms with Crippen LogP contribution >= 0.6 is 15.9 Å². The number of nitrogens with zero attached hydrogens (tertiary/aromatic N) is 1. The SMILES string of the molecule is COc1cc(Br)c(F)cc1S(=O)(=O)N1CCNC(C)C1C. The van der Waals surface area contributed by atoms with Crippen LogP contribution in [-0.4, -0.2) is 45.0 Å². The number of methoxy groups -OCH3 is 1. The van der Waals surface area contributed by atoms with Gasteiger partial charge < -0.3 is 10.1 Å². The topological polar surface area (TPSA) is 58.6 Å². The second kappa shape index (κ2) is 6.20. The summed E-state index contributed by atoms with van der Waals surface area (Å²) in [5.41, 5.74) is 0. The van der Waals surface area contributed by atoms with Gasteiger partial charge in [0.1, 0.15) is 16.5 Å². The van der Waals surface area contributed by atoms with Gasteiger partial charge in [0, 0.05) is 25.2 Å². The molecule has 21 heavy (non-hydrogen) atoms. The standard InChI is InChI=1S/C13H18BrFN2O3S/c1-8-9(2)17(5-4-16-8)21(18,19)13-7-11(15)10(14)6-12(13)20-3/h6-9,16H,4-5H2,1-3H3. The van der Waals surface area contributed by atoms with Crippen LogP contribution in [0.3, 0.4) is 0 Å². The third-order valence-electron chi connectivity index (χ3n) is 3.77. The highest BCUT2D eigenvalue weighted by molar-refractivity contribution is 9.10. The van der Waals surface area contributed by atoms with Crippen LogP contribution in [0.15, 0.2) is 21.5 Å². The molecule has 2 unspecified atom stereocenters. The molecule has 0 aliphatic carbocycles. The van der Waals surface area contributed by atoms with Crippen LogP contribution in [-0.2, 0) is 10.0 Å². The zero-order chi connectivity index (χ0) is 15.8. The average Bonchev–Trinajstić information content (AvgIpc) is 2.44. The highest BCUT2D eigenvalue weighted by Crippen LogP contribution is 2.33. The number of piperazine rings is 1. The molecule has 1 aromatic rings. The highest BCUT2D eigenvalue weighted by Gasteiger charge is 2.36. The molecule has 0 aromatic heterocycles. The minimum absolute atomic E-state index is 0.0276. The molecule has 1 heterocycles. The molecule has 1 aliphatic heterocycles. The molecule has 8 heteroatoms. The van der Waals surface area contributed by atoms with E-state index in [1.807, 2.05) is 13.8 Å². The van der Waals surface area contributed by atoms with Crippen molar-refractivity contribution in [1.82, 2.24) is 9.62 Å². The smallest absolute Gasteiger partial charge is 0.247 e. The molecule has 2 rings (SSSR count). The lowest BCUT2D eigenvalue weighted by molar-refractivity contribution is 0.232. The van der Waals surface area contributed by atoms with E-state index in [9.17, 15) is 12.8 Å². The molecule has 1 saturated heterocycles. The third-order valence-corrected chi connectivity index (χ3v) is 6.38. The van der Waals surface area contributed by atoms with Crippen LogP contribution in [0.5, 0.6) is 5.75 Å². The number of benzene rings is 1. The van der Waals surface area contributed by atoms with E-state index in [2.05, 4.69) is 21.2 Å². The first-order chi connectivity index (χ1) is 9.78. The first-order valence-electron chi connectivity index (χ1n) is 6.57.